The Labute approximate surface area is 174 Å². The fourth-order valence-electron chi connectivity index (χ4n) is 2.33. The Bertz CT molecular complexity index is 920. The van der Waals surface area contributed by atoms with Crippen molar-refractivity contribution in [3.63, 3.8) is 0 Å². The Hall–Kier alpha value is -3.95. The van der Waals surface area contributed by atoms with Crippen LogP contribution in [0.5, 0.6) is 5.75 Å². The van der Waals surface area contributed by atoms with Gasteiger partial charge in [0, 0.05) is 32.4 Å². The van der Waals surface area contributed by atoms with E-state index < -0.39 is 5.91 Å². The van der Waals surface area contributed by atoms with Gasteiger partial charge in [-0.1, -0.05) is 12.6 Å². The van der Waals surface area contributed by atoms with Crippen LogP contribution in [0, 0.1) is 0 Å². The minimum atomic E-state index is -0.471. The normalized spacial score (nSPS) is 13.4. The molecule has 0 saturated carbocycles. The highest BCUT2D eigenvalue weighted by Crippen LogP contribution is 2.28. The summed E-state index contributed by atoms with van der Waals surface area (Å²) in [5.74, 6) is -0.359. The van der Waals surface area contributed by atoms with Crippen LogP contribution in [-0.4, -0.2) is 42.9 Å². The van der Waals surface area contributed by atoms with Crippen LogP contribution < -0.4 is 26.0 Å². The second-order valence-electron chi connectivity index (χ2n) is 6.10. The number of carbonyl (C=O) groups excluding carboxylic acids is 3. The summed E-state index contributed by atoms with van der Waals surface area (Å²) in [7, 11) is 0. The molecule has 0 aromatic heterocycles. The predicted octanol–water partition coefficient (Wildman–Crippen LogP) is 0.834. The molecule has 1 aliphatic heterocycles. The summed E-state index contributed by atoms with van der Waals surface area (Å²) in [5.41, 5.74) is 1.58. The molecule has 0 spiro atoms. The second-order valence-corrected chi connectivity index (χ2v) is 6.10. The molecule has 1 heterocycles. The lowest BCUT2D eigenvalue weighted by Gasteiger charge is -2.18. The third kappa shape index (κ3) is 6.89. The number of hydrogen-bond donors (Lipinski definition) is 4. The highest BCUT2D eigenvalue weighted by molar-refractivity contribution is 6.46. The van der Waals surface area contributed by atoms with E-state index in [1.54, 1.807) is 18.2 Å². The van der Waals surface area contributed by atoms with Gasteiger partial charge in [-0.3, -0.25) is 19.4 Å². The van der Waals surface area contributed by atoms with Crippen molar-refractivity contribution in [2.45, 2.75) is 20.4 Å². The number of carbonyl (C=O) groups is 3. The number of rotatable bonds is 9. The molecule has 2 rings (SSSR count). The molecule has 3 amide bonds. The van der Waals surface area contributed by atoms with E-state index in [-0.39, 0.29) is 36.4 Å². The Balaban J connectivity index is 2.04. The van der Waals surface area contributed by atoms with Crippen LogP contribution in [-0.2, 0) is 20.9 Å². The van der Waals surface area contributed by atoms with E-state index in [9.17, 15) is 14.4 Å². The molecule has 10 heteroatoms. The third-order valence-electron chi connectivity index (χ3n) is 3.71. The molecule has 0 atom stereocenters. The number of fused-ring (bicyclic) bond motifs is 1. The van der Waals surface area contributed by atoms with E-state index in [4.69, 9.17) is 4.74 Å². The first-order chi connectivity index (χ1) is 14.4. The molecule has 0 aliphatic carbocycles. The van der Waals surface area contributed by atoms with Crippen molar-refractivity contribution >= 4 is 35.5 Å². The van der Waals surface area contributed by atoms with Crippen molar-refractivity contribution in [2.75, 3.05) is 18.5 Å². The summed E-state index contributed by atoms with van der Waals surface area (Å²) >= 11 is 0. The van der Waals surface area contributed by atoms with Crippen LogP contribution in [0.2, 0.25) is 0 Å². The zero-order valence-corrected chi connectivity index (χ0v) is 16.8. The average molecular weight is 412 g/mol. The zero-order valence-electron chi connectivity index (χ0n) is 16.8. The summed E-state index contributed by atoms with van der Waals surface area (Å²) in [5, 5.41) is 10.7. The first kappa shape index (κ1) is 22.3. The molecule has 1 aromatic carbocycles. The fourth-order valence-corrected chi connectivity index (χ4v) is 2.33. The average Bonchev–Trinajstić information content (AvgIpc) is 2.72. The number of benzene rings is 1. The first-order valence-electron chi connectivity index (χ1n) is 9.18. The van der Waals surface area contributed by atoms with E-state index in [0.29, 0.717) is 18.0 Å². The zero-order chi connectivity index (χ0) is 21.9. The van der Waals surface area contributed by atoms with Crippen molar-refractivity contribution in [3.8, 4) is 5.75 Å². The number of ether oxygens (including phenoxy) is 1. The molecule has 0 radical (unpaired) electrons. The van der Waals surface area contributed by atoms with Crippen molar-refractivity contribution in [3.05, 3.63) is 48.4 Å². The highest BCUT2D eigenvalue weighted by atomic mass is 16.5. The third-order valence-corrected chi connectivity index (χ3v) is 3.71. The standard InChI is InChI=1S/C20H24N6O4/c1-4-21-12-25-19(13(2)22-7-8-23-14(3)27)20(29)24-10-15-5-6-17-16(9-15)26-18(28)11-30-17/h5-9,12,22H,2,4,10-11H2,1,3H3,(H,23,27)(H,24,29)(H,26,28)/b8-7+,21-12?,25-19?. The maximum Gasteiger partial charge on any atom is 0.272 e. The van der Waals surface area contributed by atoms with Gasteiger partial charge >= 0.3 is 0 Å². The molecule has 0 bridgehead atoms. The molecule has 158 valence electrons. The Morgan fingerprint density at radius 2 is 2.07 bits per heavy atom. The Morgan fingerprint density at radius 1 is 1.30 bits per heavy atom. The van der Waals surface area contributed by atoms with Gasteiger partial charge in [0.2, 0.25) is 5.91 Å². The van der Waals surface area contributed by atoms with E-state index in [1.807, 2.05) is 6.92 Å². The van der Waals surface area contributed by atoms with Gasteiger partial charge in [0.1, 0.15) is 12.1 Å². The second kappa shape index (κ2) is 11.1. The number of nitrogens with one attached hydrogen (secondary N) is 4. The highest BCUT2D eigenvalue weighted by Gasteiger charge is 2.17. The molecule has 10 nitrogen and oxygen atoms in total. The monoisotopic (exact) mass is 412 g/mol. The number of hydrogen-bond acceptors (Lipinski definition) is 6. The fraction of sp³-hybridized carbons (Fsp3) is 0.250. The molecule has 0 unspecified atom stereocenters. The van der Waals surface area contributed by atoms with Gasteiger partial charge in [-0.25, -0.2) is 4.99 Å². The van der Waals surface area contributed by atoms with Gasteiger partial charge in [0.15, 0.2) is 12.3 Å². The van der Waals surface area contributed by atoms with Crippen molar-refractivity contribution in [2.24, 2.45) is 9.98 Å². The van der Waals surface area contributed by atoms with Crippen LogP contribution >= 0.6 is 0 Å². The van der Waals surface area contributed by atoms with Gasteiger partial charge in [-0.2, -0.15) is 0 Å². The molecular weight excluding hydrogens is 388 g/mol. The maximum atomic E-state index is 12.6. The lowest BCUT2D eigenvalue weighted by Crippen LogP contribution is -2.34. The van der Waals surface area contributed by atoms with Crippen molar-refractivity contribution < 1.29 is 19.1 Å². The summed E-state index contributed by atoms with van der Waals surface area (Å²) in [6, 6.07) is 5.24. The van der Waals surface area contributed by atoms with E-state index in [2.05, 4.69) is 37.8 Å². The van der Waals surface area contributed by atoms with Gasteiger partial charge in [0.05, 0.1) is 11.4 Å². The predicted molar refractivity (Wildman–Crippen MR) is 114 cm³/mol. The van der Waals surface area contributed by atoms with Gasteiger partial charge in [-0.15, -0.1) is 0 Å². The molecule has 1 aromatic rings. The molecule has 0 fully saturated rings. The maximum absolute atomic E-state index is 12.6. The van der Waals surface area contributed by atoms with Gasteiger partial charge < -0.3 is 26.0 Å². The molecule has 30 heavy (non-hydrogen) atoms. The Morgan fingerprint density at radius 3 is 2.80 bits per heavy atom. The van der Waals surface area contributed by atoms with Crippen molar-refractivity contribution in [1.29, 1.82) is 0 Å². The minimum Gasteiger partial charge on any atom is -0.482 e. The lowest BCUT2D eigenvalue weighted by atomic mass is 10.1. The van der Waals surface area contributed by atoms with Crippen LogP contribution in [0.4, 0.5) is 5.69 Å². The largest absolute Gasteiger partial charge is 0.482 e. The minimum absolute atomic E-state index is 0.0201. The molecular formula is C20H24N6O4. The molecule has 1 aliphatic rings. The van der Waals surface area contributed by atoms with Gasteiger partial charge in [-0.05, 0) is 24.6 Å². The lowest BCUT2D eigenvalue weighted by molar-refractivity contribution is -0.119. The van der Waals surface area contributed by atoms with E-state index in [1.165, 1.54) is 25.7 Å². The topological polar surface area (TPSA) is 133 Å². The summed E-state index contributed by atoms with van der Waals surface area (Å²) < 4.78 is 5.32. The quantitative estimate of drug-likeness (QED) is 0.352. The molecule has 4 N–H and O–H groups in total. The number of aliphatic imine (C=N–C) groups is 2. The summed E-state index contributed by atoms with van der Waals surface area (Å²) in [4.78, 5) is 43.0. The number of amides is 3. The van der Waals surface area contributed by atoms with Crippen LogP contribution in [0.3, 0.4) is 0 Å². The van der Waals surface area contributed by atoms with Crippen LogP contribution in [0.25, 0.3) is 0 Å². The number of anilines is 1. The molecule has 0 saturated heterocycles. The van der Waals surface area contributed by atoms with Crippen molar-refractivity contribution in [1.82, 2.24) is 16.0 Å². The van der Waals surface area contributed by atoms with Gasteiger partial charge in [0.25, 0.3) is 11.8 Å². The summed E-state index contributed by atoms with van der Waals surface area (Å²) in [6.45, 7) is 7.71. The Kier molecular flexibility index (Phi) is 8.30. The van der Waals surface area contributed by atoms with Crippen LogP contribution in [0.1, 0.15) is 19.4 Å². The summed E-state index contributed by atoms with van der Waals surface area (Å²) in [6.07, 6.45) is 4.09. The SMILES string of the molecule is C=C(N/C=C/NC(C)=O)C(=NC=NCC)C(=O)NCc1ccc2c(c1)NC(=O)CO2. The van der Waals surface area contributed by atoms with E-state index in [0.717, 1.165) is 5.56 Å². The smallest absolute Gasteiger partial charge is 0.272 e. The first-order valence-corrected chi connectivity index (χ1v) is 9.18. The number of nitrogens with zero attached hydrogens (tertiary/aromatic N) is 2. The van der Waals surface area contributed by atoms with E-state index >= 15 is 0 Å². The van der Waals surface area contributed by atoms with Crippen LogP contribution in [0.15, 0.2) is 52.9 Å².